The van der Waals surface area contributed by atoms with E-state index in [0.717, 1.165) is 0 Å². The molecule has 0 aromatic carbocycles. The predicted octanol–water partition coefficient (Wildman–Crippen LogP) is 4.83. The van der Waals surface area contributed by atoms with Gasteiger partial charge < -0.3 is 0 Å². The number of hydrogen-bond donors (Lipinski definition) is 1. The van der Waals surface area contributed by atoms with Crippen LogP contribution >= 0.6 is 7.26 Å². The number of hydrogen-bond acceptors (Lipinski definition) is 1. The third kappa shape index (κ3) is 6.20. The predicted molar refractivity (Wildman–Crippen MR) is 85.9 cm³/mol. The molecule has 106 valence electrons. The van der Waals surface area contributed by atoms with Gasteiger partial charge in [-0.25, -0.2) is 0 Å². The summed E-state index contributed by atoms with van der Waals surface area (Å²) in [6.45, 7) is 9.24. The summed E-state index contributed by atoms with van der Waals surface area (Å²) >= 11 is 0. The maximum absolute atomic E-state index is 6.54. The standard InChI is InChI=1S/C15H36NP/c1-5-9-12-17(13-10-6-2,14-11-7-3)15(16)8-4/h15,17H,5-14,16H2,1-4H3. The van der Waals surface area contributed by atoms with Crippen molar-refractivity contribution in [2.24, 2.45) is 5.73 Å². The fourth-order valence-corrected chi connectivity index (χ4v) is 8.85. The van der Waals surface area contributed by atoms with Crippen LogP contribution in [0.2, 0.25) is 0 Å². The fraction of sp³-hybridized carbons (Fsp3) is 1.00. The third-order valence-corrected chi connectivity index (χ3v) is 10.3. The fourth-order valence-electron chi connectivity index (χ4n) is 2.95. The van der Waals surface area contributed by atoms with Gasteiger partial charge in [0.1, 0.15) is 0 Å². The molecule has 0 aromatic heterocycles. The molecule has 0 saturated carbocycles. The van der Waals surface area contributed by atoms with Crippen LogP contribution < -0.4 is 5.73 Å². The Morgan fingerprint density at radius 1 is 0.765 bits per heavy atom. The Labute approximate surface area is 110 Å². The summed E-state index contributed by atoms with van der Waals surface area (Å²) < 4.78 is 0. The number of unbranched alkanes of at least 4 members (excludes halogenated alkanes) is 3. The minimum absolute atomic E-state index is 0.548. The summed E-state index contributed by atoms with van der Waals surface area (Å²) in [5, 5.41) is 0. The van der Waals surface area contributed by atoms with Crippen LogP contribution in [0.25, 0.3) is 0 Å². The van der Waals surface area contributed by atoms with Gasteiger partial charge in [-0.05, 0) is 0 Å². The van der Waals surface area contributed by atoms with Crippen molar-refractivity contribution in [3.63, 3.8) is 0 Å². The molecule has 0 fully saturated rings. The van der Waals surface area contributed by atoms with Gasteiger partial charge in [-0.3, -0.25) is 0 Å². The molecule has 2 N–H and O–H groups in total. The molecule has 0 aliphatic carbocycles. The van der Waals surface area contributed by atoms with E-state index in [4.69, 9.17) is 5.73 Å². The Morgan fingerprint density at radius 2 is 1.12 bits per heavy atom. The summed E-state index contributed by atoms with van der Waals surface area (Å²) in [4.78, 5) is 0. The molecule has 0 radical (unpaired) electrons. The molecular weight excluding hydrogens is 225 g/mol. The second kappa shape index (κ2) is 10.3. The minimum atomic E-state index is -1.18. The molecular formula is C15H36NP. The first kappa shape index (κ1) is 17.4. The molecule has 0 aromatic rings. The van der Waals surface area contributed by atoms with Crippen molar-refractivity contribution in [2.45, 2.75) is 78.4 Å². The average molecular weight is 261 g/mol. The molecule has 2 heteroatoms. The molecule has 0 bridgehead atoms. The molecule has 0 amide bonds. The van der Waals surface area contributed by atoms with Crippen molar-refractivity contribution in [1.29, 1.82) is 0 Å². The van der Waals surface area contributed by atoms with Crippen LogP contribution in [0.3, 0.4) is 0 Å². The van der Waals surface area contributed by atoms with Gasteiger partial charge in [0.25, 0.3) is 0 Å². The topological polar surface area (TPSA) is 26.0 Å². The molecule has 1 nitrogen and oxygen atoms in total. The first-order chi connectivity index (χ1) is 8.16. The summed E-state index contributed by atoms with van der Waals surface area (Å²) in [5.41, 5.74) is 6.54. The van der Waals surface area contributed by atoms with Crippen molar-refractivity contribution in [3.8, 4) is 0 Å². The van der Waals surface area contributed by atoms with Crippen LogP contribution in [0.1, 0.15) is 72.6 Å². The van der Waals surface area contributed by atoms with E-state index in [2.05, 4.69) is 27.7 Å². The van der Waals surface area contributed by atoms with Gasteiger partial charge in [0, 0.05) is 0 Å². The molecule has 1 atom stereocenters. The third-order valence-electron chi connectivity index (χ3n) is 4.31. The van der Waals surface area contributed by atoms with Crippen LogP contribution in [0.4, 0.5) is 0 Å². The van der Waals surface area contributed by atoms with Gasteiger partial charge in [0.05, 0.1) is 0 Å². The van der Waals surface area contributed by atoms with E-state index in [0.29, 0.717) is 5.78 Å². The summed E-state index contributed by atoms with van der Waals surface area (Å²) in [6.07, 6.45) is 13.9. The van der Waals surface area contributed by atoms with E-state index < -0.39 is 7.26 Å². The van der Waals surface area contributed by atoms with Gasteiger partial charge in [0.2, 0.25) is 0 Å². The van der Waals surface area contributed by atoms with Crippen molar-refractivity contribution >= 4 is 7.26 Å². The van der Waals surface area contributed by atoms with Gasteiger partial charge in [-0.15, -0.1) is 0 Å². The number of rotatable bonds is 11. The van der Waals surface area contributed by atoms with Crippen molar-refractivity contribution < 1.29 is 0 Å². The van der Waals surface area contributed by atoms with Crippen molar-refractivity contribution in [3.05, 3.63) is 0 Å². The average Bonchev–Trinajstić information content (AvgIpc) is 2.37. The molecule has 0 aliphatic rings. The summed E-state index contributed by atoms with van der Waals surface area (Å²) in [6, 6.07) is 0. The molecule has 0 aliphatic heterocycles. The van der Waals surface area contributed by atoms with Crippen LogP contribution in [0, 0.1) is 0 Å². The quantitative estimate of drug-likeness (QED) is 0.530. The molecule has 0 saturated heterocycles. The Kier molecular flexibility index (Phi) is 10.6. The van der Waals surface area contributed by atoms with Crippen LogP contribution in [0.15, 0.2) is 0 Å². The normalized spacial score (nSPS) is 14.9. The zero-order chi connectivity index (χ0) is 13.1. The van der Waals surface area contributed by atoms with Crippen molar-refractivity contribution in [1.82, 2.24) is 0 Å². The summed E-state index contributed by atoms with van der Waals surface area (Å²) in [5.74, 6) is 0.548. The van der Waals surface area contributed by atoms with Crippen LogP contribution in [0.5, 0.6) is 0 Å². The van der Waals surface area contributed by atoms with Crippen molar-refractivity contribution in [2.75, 3.05) is 18.5 Å². The SMILES string of the molecule is CCCC[PH](CCCC)(CCCC)C(N)CC. The first-order valence-corrected chi connectivity index (χ1v) is 10.6. The maximum atomic E-state index is 6.54. The second-order valence-corrected chi connectivity index (χ2v) is 10.7. The first-order valence-electron chi connectivity index (χ1n) is 7.92. The Balaban J connectivity index is 4.63. The van der Waals surface area contributed by atoms with E-state index in [1.165, 1.54) is 63.4 Å². The molecule has 1 unspecified atom stereocenters. The van der Waals surface area contributed by atoms with E-state index in [9.17, 15) is 0 Å². The monoisotopic (exact) mass is 261 g/mol. The van der Waals surface area contributed by atoms with E-state index >= 15 is 0 Å². The molecule has 0 spiro atoms. The Hall–Kier alpha value is 0.390. The van der Waals surface area contributed by atoms with Crippen LogP contribution in [-0.4, -0.2) is 24.3 Å². The van der Waals surface area contributed by atoms with Gasteiger partial charge >= 0.3 is 110 Å². The van der Waals surface area contributed by atoms with Gasteiger partial charge in [-0.2, -0.15) is 0 Å². The Bertz CT molecular complexity index is 149. The van der Waals surface area contributed by atoms with Gasteiger partial charge in [-0.1, -0.05) is 0 Å². The molecule has 0 heterocycles. The number of nitrogens with two attached hydrogens (primary N) is 1. The Morgan fingerprint density at radius 3 is 1.35 bits per heavy atom. The zero-order valence-electron chi connectivity index (χ0n) is 12.7. The zero-order valence-corrected chi connectivity index (χ0v) is 13.7. The second-order valence-electron chi connectivity index (χ2n) is 5.69. The van der Waals surface area contributed by atoms with Gasteiger partial charge in [0.15, 0.2) is 0 Å². The molecule has 17 heavy (non-hydrogen) atoms. The van der Waals surface area contributed by atoms with E-state index in [1.807, 2.05) is 0 Å². The van der Waals surface area contributed by atoms with E-state index in [-0.39, 0.29) is 0 Å². The van der Waals surface area contributed by atoms with E-state index in [1.54, 1.807) is 0 Å². The molecule has 0 rings (SSSR count). The van der Waals surface area contributed by atoms with Crippen LogP contribution in [-0.2, 0) is 0 Å². The summed E-state index contributed by atoms with van der Waals surface area (Å²) in [7, 11) is -1.18.